The summed E-state index contributed by atoms with van der Waals surface area (Å²) in [5.74, 6) is -0.907. The minimum absolute atomic E-state index is 0.110. The van der Waals surface area contributed by atoms with Gasteiger partial charge < -0.3 is 16.0 Å². The maximum atomic E-state index is 13.2. The van der Waals surface area contributed by atoms with Crippen LogP contribution in [0.2, 0.25) is 0 Å². The van der Waals surface area contributed by atoms with Crippen molar-refractivity contribution in [2.24, 2.45) is 11.1 Å². The van der Waals surface area contributed by atoms with Crippen molar-refractivity contribution in [2.45, 2.75) is 55.8 Å². The lowest BCUT2D eigenvalue weighted by molar-refractivity contribution is -0.129. The minimum Gasteiger partial charge on any atom is -0.368 e. The van der Waals surface area contributed by atoms with Crippen LogP contribution in [0, 0.1) is 28.1 Å². The lowest BCUT2D eigenvalue weighted by atomic mass is 9.80. The highest BCUT2D eigenvalue weighted by atomic mass is 32.2. The van der Waals surface area contributed by atoms with E-state index in [0.717, 1.165) is 11.8 Å². The van der Waals surface area contributed by atoms with Crippen LogP contribution >= 0.6 is 11.8 Å². The second-order valence-corrected chi connectivity index (χ2v) is 11.7. The van der Waals surface area contributed by atoms with Crippen molar-refractivity contribution >= 4 is 35.3 Å². The van der Waals surface area contributed by atoms with Crippen molar-refractivity contribution in [1.82, 2.24) is 15.8 Å². The molecule has 1 aliphatic heterocycles. The highest BCUT2D eigenvalue weighted by Crippen LogP contribution is 2.40. The summed E-state index contributed by atoms with van der Waals surface area (Å²) in [4.78, 5) is 44.0. The first kappa shape index (κ1) is 31.3. The predicted octanol–water partition coefficient (Wildman–Crippen LogP) is 3.19. The van der Waals surface area contributed by atoms with Crippen LogP contribution in [0.3, 0.4) is 0 Å². The highest BCUT2D eigenvalue weighted by Gasteiger charge is 2.35. The molecule has 0 bridgehead atoms. The molecule has 2 heterocycles. The van der Waals surface area contributed by atoms with E-state index < -0.39 is 22.5 Å². The molecule has 2 aromatic rings. The number of aromatic nitrogens is 1. The van der Waals surface area contributed by atoms with Crippen molar-refractivity contribution in [2.75, 3.05) is 18.0 Å². The maximum absolute atomic E-state index is 13.2. The number of carbonyl (C=O) groups excluding carboxylic acids is 3. The van der Waals surface area contributed by atoms with Gasteiger partial charge in [-0.3, -0.25) is 19.6 Å². The van der Waals surface area contributed by atoms with Crippen molar-refractivity contribution in [1.29, 1.82) is 10.5 Å². The van der Waals surface area contributed by atoms with Crippen LogP contribution in [0.5, 0.6) is 0 Å². The molecule has 2 aliphatic rings. The van der Waals surface area contributed by atoms with E-state index in [1.54, 1.807) is 36.7 Å². The molecule has 43 heavy (non-hydrogen) atoms. The Morgan fingerprint density at radius 2 is 1.86 bits per heavy atom. The summed E-state index contributed by atoms with van der Waals surface area (Å²) < 4.78 is 0. The molecule has 12 heteroatoms. The Kier molecular flexibility index (Phi) is 9.86. The van der Waals surface area contributed by atoms with E-state index in [9.17, 15) is 24.9 Å². The third-order valence-electron chi connectivity index (χ3n) is 7.80. The van der Waals surface area contributed by atoms with Crippen molar-refractivity contribution in [3.63, 3.8) is 0 Å². The number of hydrogen-bond acceptors (Lipinski definition) is 9. The van der Waals surface area contributed by atoms with Crippen LogP contribution in [-0.2, 0) is 20.8 Å². The second kappa shape index (κ2) is 13.6. The van der Waals surface area contributed by atoms with Gasteiger partial charge in [-0.2, -0.15) is 10.5 Å². The number of nitrogens with two attached hydrogens (primary N) is 1. The zero-order valence-corrected chi connectivity index (χ0v) is 24.8. The van der Waals surface area contributed by atoms with Gasteiger partial charge in [-0.05, 0) is 43.7 Å². The molecular formula is C31H33N7O4S. The minimum atomic E-state index is -0.836. The van der Waals surface area contributed by atoms with Gasteiger partial charge in [0.1, 0.15) is 28.2 Å². The number of primary amides is 1. The predicted molar refractivity (Wildman–Crippen MR) is 161 cm³/mol. The summed E-state index contributed by atoms with van der Waals surface area (Å²) in [5, 5.41) is 31.7. The number of hydroxylamine groups is 1. The number of thioether (sulfide) groups is 1. The Labute approximate surface area is 254 Å². The Balaban J connectivity index is 1.53. The van der Waals surface area contributed by atoms with Crippen LogP contribution in [0.25, 0.3) is 0 Å². The zero-order chi connectivity index (χ0) is 31.1. The lowest BCUT2D eigenvalue weighted by Gasteiger charge is -2.36. The van der Waals surface area contributed by atoms with Crippen LogP contribution in [0.1, 0.15) is 60.6 Å². The first-order valence-electron chi connectivity index (χ1n) is 13.9. The zero-order valence-electron chi connectivity index (χ0n) is 24.0. The third-order valence-corrected chi connectivity index (χ3v) is 9.06. The summed E-state index contributed by atoms with van der Waals surface area (Å²) in [6.45, 7) is 4.68. The third kappa shape index (κ3) is 6.72. The van der Waals surface area contributed by atoms with E-state index >= 15 is 0 Å². The Morgan fingerprint density at radius 3 is 2.40 bits per heavy atom. The van der Waals surface area contributed by atoms with Gasteiger partial charge in [0.05, 0.1) is 16.5 Å². The Hall–Kier alpha value is -4.65. The number of allylic oxidation sites excluding steroid dienone is 1. The smallest absolute Gasteiger partial charge is 0.274 e. The number of nitrogens with one attached hydrogen (secondary N) is 2. The largest absolute Gasteiger partial charge is 0.368 e. The van der Waals surface area contributed by atoms with Crippen molar-refractivity contribution in [3.05, 3.63) is 76.4 Å². The number of carbonyl (C=O) groups is 3. The highest BCUT2D eigenvalue weighted by molar-refractivity contribution is 8.00. The van der Waals surface area contributed by atoms with Gasteiger partial charge >= 0.3 is 0 Å². The number of piperidine rings is 1. The number of pyridine rings is 1. The summed E-state index contributed by atoms with van der Waals surface area (Å²) in [7, 11) is 0. The van der Waals surface area contributed by atoms with Gasteiger partial charge in [0.15, 0.2) is 0 Å². The fraction of sp³-hybridized carbons (Fsp3) is 0.355. The quantitative estimate of drug-likeness (QED) is 0.191. The van der Waals surface area contributed by atoms with Crippen LogP contribution < -0.4 is 21.4 Å². The van der Waals surface area contributed by atoms with Gasteiger partial charge in [-0.25, -0.2) is 10.5 Å². The average Bonchev–Trinajstić information content (AvgIpc) is 3.03. The molecule has 222 valence electrons. The molecule has 3 amide bonds. The summed E-state index contributed by atoms with van der Waals surface area (Å²) in [6, 6.07) is 13.4. The number of benzene rings is 1. The molecule has 11 nitrogen and oxygen atoms in total. The molecule has 0 radical (unpaired) electrons. The fourth-order valence-corrected chi connectivity index (χ4v) is 6.30. The van der Waals surface area contributed by atoms with Crippen molar-refractivity contribution in [3.8, 4) is 12.1 Å². The van der Waals surface area contributed by atoms with E-state index in [0.29, 0.717) is 71.9 Å². The molecular weight excluding hydrogens is 566 g/mol. The summed E-state index contributed by atoms with van der Waals surface area (Å²) >= 11 is 1.10. The Bertz CT molecular complexity index is 1550. The molecule has 4 rings (SSSR count). The van der Waals surface area contributed by atoms with E-state index in [-0.39, 0.29) is 17.5 Å². The number of nitriles is 2. The number of nitrogens with zero attached hydrogens (tertiary/aromatic N) is 4. The molecule has 0 spiro atoms. The number of anilines is 1. The average molecular weight is 600 g/mol. The molecule has 1 aliphatic carbocycles. The number of amides is 3. The maximum Gasteiger partial charge on any atom is 0.274 e. The van der Waals surface area contributed by atoms with Gasteiger partial charge in [0.25, 0.3) is 5.91 Å². The first-order chi connectivity index (χ1) is 20.6. The Morgan fingerprint density at radius 1 is 1.19 bits per heavy atom. The van der Waals surface area contributed by atoms with Crippen molar-refractivity contribution < 1.29 is 19.6 Å². The van der Waals surface area contributed by atoms with Crippen LogP contribution in [0.4, 0.5) is 5.82 Å². The van der Waals surface area contributed by atoms with Gasteiger partial charge in [0, 0.05) is 24.7 Å². The first-order valence-corrected chi connectivity index (χ1v) is 14.8. The topological polar surface area (TPSA) is 185 Å². The van der Waals surface area contributed by atoms with Gasteiger partial charge in [-0.15, -0.1) is 0 Å². The molecule has 1 aromatic carbocycles. The number of hydrogen-bond donors (Lipinski definition) is 4. The SMILES string of the molecule is CCc1c(C#N)c(SC(C(N)=O)c2ccccc2)nc(N2CCC(NC(=O)C3(C)C=CC(C(=O)NO)=CC3)CC2)c1C#N. The molecule has 2 atom stereocenters. The molecule has 1 aromatic heterocycles. The summed E-state index contributed by atoms with van der Waals surface area (Å²) in [6.07, 6.45) is 6.76. The second-order valence-electron chi connectivity index (χ2n) is 10.6. The normalized spacial score (nSPS) is 19.0. The molecule has 2 unspecified atom stereocenters. The van der Waals surface area contributed by atoms with E-state index in [1.165, 1.54) is 6.08 Å². The van der Waals surface area contributed by atoms with E-state index in [1.807, 2.05) is 30.0 Å². The van der Waals surface area contributed by atoms with Crippen LogP contribution in [-0.4, -0.2) is 47.0 Å². The number of rotatable bonds is 9. The fourth-order valence-electron chi connectivity index (χ4n) is 5.25. The van der Waals surface area contributed by atoms with Crippen LogP contribution in [0.15, 0.2) is 59.2 Å². The molecule has 5 N–H and O–H groups in total. The van der Waals surface area contributed by atoms with E-state index in [4.69, 9.17) is 15.9 Å². The molecule has 1 fully saturated rings. The summed E-state index contributed by atoms with van der Waals surface area (Å²) in [5.41, 5.74) is 8.66. The molecule has 1 saturated heterocycles. The standard InChI is InChI=1S/C31H33N7O4S/c1-3-22-23(17-32)27(36-29(24(22)18-33)43-25(26(34)39)19-7-5-4-6-8-19)38-15-11-21(12-16-38)35-30(41)31(2)13-9-20(10-14-31)28(40)37-42/h4-10,13,21,25,42H,3,11-12,14-16H2,1-2H3,(H2,34,39)(H,35,41)(H,37,40). The van der Waals surface area contributed by atoms with Gasteiger partial charge in [-0.1, -0.05) is 67.2 Å². The van der Waals surface area contributed by atoms with E-state index in [2.05, 4.69) is 17.5 Å². The van der Waals surface area contributed by atoms with Gasteiger partial charge in [0.2, 0.25) is 11.8 Å². The molecule has 0 saturated carbocycles. The monoisotopic (exact) mass is 599 g/mol. The lowest BCUT2D eigenvalue weighted by Crippen LogP contribution is -2.49.